The maximum atomic E-state index is 11.6. The fourth-order valence-electron chi connectivity index (χ4n) is 2.17. The van der Waals surface area contributed by atoms with Crippen LogP contribution >= 0.6 is 0 Å². The van der Waals surface area contributed by atoms with E-state index in [1.54, 1.807) is 6.20 Å². The molecule has 1 aromatic heterocycles. The lowest BCUT2D eigenvalue weighted by atomic mass is 10.3. The number of amides is 2. The summed E-state index contributed by atoms with van der Waals surface area (Å²) >= 11 is 0. The van der Waals surface area contributed by atoms with Gasteiger partial charge >= 0.3 is 6.03 Å². The average Bonchev–Trinajstić information content (AvgIpc) is 3.05. The van der Waals surface area contributed by atoms with Gasteiger partial charge < -0.3 is 10.6 Å². The average molecular weight is 251 g/mol. The predicted octanol–water partition coefficient (Wildman–Crippen LogP) is 0.693. The zero-order valence-corrected chi connectivity index (χ0v) is 10.8. The first kappa shape index (κ1) is 12.9. The maximum absolute atomic E-state index is 11.6. The largest absolute Gasteiger partial charge is 0.337 e. The molecule has 0 aromatic carbocycles. The molecule has 2 rings (SSSR count). The number of carbonyl (C=O) groups excluding carboxylic acids is 1. The Morgan fingerprint density at radius 1 is 1.50 bits per heavy atom. The Morgan fingerprint density at radius 2 is 2.28 bits per heavy atom. The molecule has 1 atom stereocenters. The summed E-state index contributed by atoms with van der Waals surface area (Å²) in [5, 5.41) is 12.3. The molecule has 6 nitrogen and oxygen atoms in total. The van der Waals surface area contributed by atoms with Crippen molar-refractivity contribution in [2.45, 2.75) is 32.4 Å². The number of hydrogen-bond donors (Lipinski definition) is 3. The molecule has 100 valence electrons. The standard InChI is InChI=1S/C12H21N5O/c1-10(17-6-2-3-7-17)8-13-12(18)14-9-11-4-5-15-16-11/h4-5,10H,2-3,6-9H2,1H3,(H,15,16)(H2,13,14,18)/t10-/m0/s1. The number of aromatic amines is 1. The van der Waals surface area contributed by atoms with Crippen molar-refractivity contribution in [1.82, 2.24) is 25.7 Å². The van der Waals surface area contributed by atoms with E-state index in [1.807, 2.05) is 6.07 Å². The van der Waals surface area contributed by atoms with E-state index < -0.39 is 0 Å². The lowest BCUT2D eigenvalue weighted by molar-refractivity contribution is 0.226. The summed E-state index contributed by atoms with van der Waals surface area (Å²) in [6.07, 6.45) is 4.22. The SMILES string of the molecule is C[C@@H](CNC(=O)NCc1ccn[nH]1)N1CCCC1. The van der Waals surface area contributed by atoms with Gasteiger partial charge in [0.05, 0.1) is 12.2 Å². The summed E-state index contributed by atoms with van der Waals surface area (Å²) in [4.78, 5) is 14.0. The van der Waals surface area contributed by atoms with E-state index in [1.165, 1.54) is 12.8 Å². The van der Waals surface area contributed by atoms with E-state index in [4.69, 9.17) is 0 Å². The minimum absolute atomic E-state index is 0.129. The Bertz CT molecular complexity index is 359. The highest BCUT2D eigenvalue weighted by molar-refractivity contribution is 5.73. The monoisotopic (exact) mass is 251 g/mol. The summed E-state index contributed by atoms with van der Waals surface area (Å²) in [6, 6.07) is 2.12. The first-order chi connectivity index (χ1) is 8.75. The lowest BCUT2D eigenvalue weighted by Gasteiger charge is -2.23. The Kier molecular flexibility index (Phi) is 4.58. The number of likely N-dealkylation sites (tertiary alicyclic amines) is 1. The van der Waals surface area contributed by atoms with Crippen LogP contribution in [0.5, 0.6) is 0 Å². The first-order valence-corrected chi connectivity index (χ1v) is 6.49. The van der Waals surface area contributed by atoms with Crippen molar-refractivity contribution in [3.8, 4) is 0 Å². The number of rotatable bonds is 5. The fraction of sp³-hybridized carbons (Fsp3) is 0.667. The predicted molar refractivity (Wildman–Crippen MR) is 69.1 cm³/mol. The van der Waals surface area contributed by atoms with E-state index in [0.717, 1.165) is 18.8 Å². The van der Waals surface area contributed by atoms with Crippen LogP contribution < -0.4 is 10.6 Å². The van der Waals surface area contributed by atoms with Gasteiger partial charge in [0.15, 0.2) is 0 Å². The molecule has 2 heterocycles. The van der Waals surface area contributed by atoms with Gasteiger partial charge in [0.25, 0.3) is 0 Å². The third-order valence-electron chi connectivity index (χ3n) is 3.32. The van der Waals surface area contributed by atoms with Crippen LogP contribution in [0.2, 0.25) is 0 Å². The highest BCUT2D eigenvalue weighted by atomic mass is 16.2. The quantitative estimate of drug-likeness (QED) is 0.721. The third-order valence-corrected chi connectivity index (χ3v) is 3.32. The number of nitrogens with one attached hydrogen (secondary N) is 3. The molecule has 3 N–H and O–H groups in total. The van der Waals surface area contributed by atoms with Gasteiger partial charge in [-0.1, -0.05) is 0 Å². The third kappa shape index (κ3) is 3.73. The van der Waals surface area contributed by atoms with Gasteiger partial charge in [0.1, 0.15) is 0 Å². The van der Waals surface area contributed by atoms with Gasteiger partial charge in [-0.05, 0) is 38.9 Å². The van der Waals surface area contributed by atoms with Crippen molar-refractivity contribution in [3.05, 3.63) is 18.0 Å². The molecule has 6 heteroatoms. The normalized spacial score (nSPS) is 17.6. The summed E-state index contributed by atoms with van der Waals surface area (Å²) < 4.78 is 0. The Balaban J connectivity index is 1.62. The Labute approximate surface area is 107 Å². The van der Waals surface area contributed by atoms with E-state index in [9.17, 15) is 4.79 Å². The molecule has 1 aliphatic rings. The first-order valence-electron chi connectivity index (χ1n) is 6.49. The van der Waals surface area contributed by atoms with Crippen molar-refractivity contribution in [1.29, 1.82) is 0 Å². The number of H-pyrrole nitrogens is 1. The molecule has 0 aliphatic carbocycles. The van der Waals surface area contributed by atoms with Crippen LogP contribution in [0.25, 0.3) is 0 Å². The number of hydrogen-bond acceptors (Lipinski definition) is 3. The van der Waals surface area contributed by atoms with Crippen LogP contribution in [0, 0.1) is 0 Å². The smallest absolute Gasteiger partial charge is 0.315 e. The van der Waals surface area contributed by atoms with E-state index in [2.05, 4.69) is 32.7 Å². The fourth-order valence-corrected chi connectivity index (χ4v) is 2.17. The van der Waals surface area contributed by atoms with Crippen molar-refractivity contribution < 1.29 is 4.79 Å². The number of carbonyl (C=O) groups is 1. The molecule has 1 aromatic rings. The van der Waals surface area contributed by atoms with Crippen LogP contribution in [-0.4, -0.2) is 46.8 Å². The zero-order chi connectivity index (χ0) is 12.8. The van der Waals surface area contributed by atoms with E-state index in [-0.39, 0.29) is 6.03 Å². The molecule has 0 spiro atoms. The van der Waals surface area contributed by atoms with Gasteiger partial charge in [-0.2, -0.15) is 5.10 Å². The number of aromatic nitrogens is 2. The summed E-state index contributed by atoms with van der Waals surface area (Å²) in [7, 11) is 0. The second-order valence-electron chi connectivity index (χ2n) is 4.74. The van der Waals surface area contributed by atoms with Crippen LogP contribution in [0.15, 0.2) is 12.3 Å². The summed E-state index contributed by atoms with van der Waals surface area (Å²) in [6.45, 7) is 5.62. The van der Waals surface area contributed by atoms with Gasteiger partial charge in [-0.3, -0.25) is 10.00 Å². The highest BCUT2D eigenvalue weighted by Crippen LogP contribution is 2.10. The second kappa shape index (κ2) is 6.39. The van der Waals surface area contributed by atoms with E-state index in [0.29, 0.717) is 19.1 Å². The molecule has 18 heavy (non-hydrogen) atoms. The van der Waals surface area contributed by atoms with Gasteiger partial charge in [-0.25, -0.2) is 4.79 Å². The van der Waals surface area contributed by atoms with Crippen LogP contribution in [0.4, 0.5) is 4.79 Å². The molecule has 1 aliphatic heterocycles. The van der Waals surface area contributed by atoms with Crippen molar-refractivity contribution in [2.75, 3.05) is 19.6 Å². The molecule has 0 bridgehead atoms. The maximum Gasteiger partial charge on any atom is 0.315 e. The number of nitrogens with zero attached hydrogens (tertiary/aromatic N) is 2. The molecular formula is C12H21N5O. The zero-order valence-electron chi connectivity index (χ0n) is 10.8. The minimum atomic E-state index is -0.129. The molecule has 1 saturated heterocycles. The van der Waals surface area contributed by atoms with Gasteiger partial charge in [-0.15, -0.1) is 0 Å². The molecule has 0 saturated carbocycles. The molecular weight excluding hydrogens is 230 g/mol. The molecule has 0 unspecified atom stereocenters. The van der Waals surface area contributed by atoms with Crippen molar-refractivity contribution in [2.24, 2.45) is 0 Å². The highest BCUT2D eigenvalue weighted by Gasteiger charge is 2.18. The Hall–Kier alpha value is -1.56. The summed E-state index contributed by atoms with van der Waals surface area (Å²) in [5.74, 6) is 0. The van der Waals surface area contributed by atoms with Crippen molar-refractivity contribution in [3.63, 3.8) is 0 Å². The Morgan fingerprint density at radius 3 is 2.94 bits per heavy atom. The minimum Gasteiger partial charge on any atom is -0.337 e. The number of urea groups is 1. The molecule has 0 radical (unpaired) electrons. The van der Waals surface area contributed by atoms with Crippen LogP contribution in [0.1, 0.15) is 25.5 Å². The van der Waals surface area contributed by atoms with Crippen LogP contribution in [-0.2, 0) is 6.54 Å². The van der Waals surface area contributed by atoms with Gasteiger partial charge in [0.2, 0.25) is 0 Å². The summed E-state index contributed by atoms with van der Waals surface area (Å²) in [5.41, 5.74) is 0.901. The second-order valence-corrected chi connectivity index (χ2v) is 4.74. The molecule has 1 fully saturated rings. The van der Waals surface area contributed by atoms with Gasteiger partial charge in [0, 0.05) is 18.8 Å². The molecule has 2 amide bonds. The lowest BCUT2D eigenvalue weighted by Crippen LogP contribution is -2.44. The van der Waals surface area contributed by atoms with E-state index >= 15 is 0 Å². The topological polar surface area (TPSA) is 73.0 Å². The van der Waals surface area contributed by atoms with Crippen molar-refractivity contribution >= 4 is 6.03 Å². The van der Waals surface area contributed by atoms with Crippen LogP contribution in [0.3, 0.4) is 0 Å².